The summed E-state index contributed by atoms with van der Waals surface area (Å²) in [5, 5.41) is 0. The van der Waals surface area contributed by atoms with E-state index < -0.39 is 17.4 Å². The summed E-state index contributed by atoms with van der Waals surface area (Å²) in [5.41, 5.74) is 4.18. The van der Waals surface area contributed by atoms with E-state index in [1.54, 1.807) is 0 Å². The second-order valence-electron chi connectivity index (χ2n) is 4.44. The van der Waals surface area contributed by atoms with Crippen molar-refractivity contribution < 1.29 is 22.8 Å². The SMILES string of the molecule is C#C.CC/C(=C(N)\C=C/CN1C(=O)CCCC1=O)C(F)(F)F. The van der Waals surface area contributed by atoms with Crippen LogP contribution in [-0.2, 0) is 9.59 Å². The van der Waals surface area contributed by atoms with Crippen LogP contribution in [0.3, 0.4) is 0 Å². The van der Waals surface area contributed by atoms with Crippen LogP contribution in [0.2, 0.25) is 0 Å². The van der Waals surface area contributed by atoms with Gasteiger partial charge in [0.05, 0.1) is 5.57 Å². The van der Waals surface area contributed by atoms with Gasteiger partial charge in [0.15, 0.2) is 0 Å². The van der Waals surface area contributed by atoms with E-state index in [-0.39, 0.29) is 37.6 Å². The number of amides is 2. The maximum atomic E-state index is 12.6. The molecule has 0 aromatic carbocycles. The lowest BCUT2D eigenvalue weighted by Gasteiger charge is -2.23. The second kappa shape index (κ2) is 8.93. The van der Waals surface area contributed by atoms with Crippen molar-refractivity contribution in [2.75, 3.05) is 6.54 Å². The Morgan fingerprint density at radius 1 is 1.27 bits per heavy atom. The third-order valence-electron chi connectivity index (χ3n) is 3.01. The van der Waals surface area contributed by atoms with Crippen LogP contribution in [-0.4, -0.2) is 29.4 Å². The van der Waals surface area contributed by atoms with Gasteiger partial charge in [-0.2, -0.15) is 13.2 Å². The molecule has 0 atom stereocenters. The molecular weight excluding hydrogens is 297 g/mol. The zero-order chi connectivity index (χ0) is 17.3. The number of likely N-dealkylation sites (tertiary alicyclic amines) is 1. The monoisotopic (exact) mass is 316 g/mol. The van der Waals surface area contributed by atoms with Gasteiger partial charge >= 0.3 is 6.18 Å². The zero-order valence-electron chi connectivity index (χ0n) is 12.3. The van der Waals surface area contributed by atoms with Crippen LogP contribution in [0.5, 0.6) is 0 Å². The van der Waals surface area contributed by atoms with Gasteiger partial charge in [-0.1, -0.05) is 13.0 Å². The van der Waals surface area contributed by atoms with Crippen LogP contribution in [0, 0.1) is 12.8 Å². The Balaban J connectivity index is 0.00000211. The molecule has 2 amide bonds. The third kappa shape index (κ3) is 5.64. The number of alkyl halides is 3. The molecule has 0 radical (unpaired) electrons. The van der Waals surface area contributed by atoms with Crippen molar-refractivity contribution >= 4 is 11.8 Å². The van der Waals surface area contributed by atoms with Crippen molar-refractivity contribution in [1.82, 2.24) is 4.90 Å². The van der Waals surface area contributed by atoms with E-state index in [0.29, 0.717) is 6.42 Å². The Hall–Kier alpha value is -2.23. The van der Waals surface area contributed by atoms with Crippen molar-refractivity contribution in [1.29, 1.82) is 0 Å². The molecule has 0 spiro atoms. The third-order valence-corrected chi connectivity index (χ3v) is 3.01. The van der Waals surface area contributed by atoms with Crippen LogP contribution >= 0.6 is 0 Å². The molecule has 4 nitrogen and oxygen atoms in total. The highest BCUT2D eigenvalue weighted by atomic mass is 19.4. The number of halogens is 3. The lowest BCUT2D eigenvalue weighted by molar-refractivity contribution is -0.147. The molecule has 1 heterocycles. The highest BCUT2D eigenvalue weighted by Gasteiger charge is 2.33. The number of terminal acetylenes is 1. The molecule has 7 heteroatoms. The smallest absolute Gasteiger partial charge is 0.399 e. The molecule has 1 saturated heterocycles. The molecule has 0 bridgehead atoms. The first-order valence-corrected chi connectivity index (χ1v) is 6.66. The summed E-state index contributed by atoms with van der Waals surface area (Å²) in [7, 11) is 0. The maximum absolute atomic E-state index is 12.6. The summed E-state index contributed by atoms with van der Waals surface area (Å²) in [6, 6.07) is 0. The standard InChI is InChI=1S/C13H17F3N2O2.C2H2/c1-2-9(13(14,15)16)10(17)5-4-8-18-11(19)6-3-7-12(18)20;1-2/h4-5H,2-3,6-8,17H2,1H3;1-2H/b5-4-,10-9-;. The van der Waals surface area contributed by atoms with Crippen molar-refractivity contribution in [2.45, 2.75) is 38.8 Å². The predicted molar refractivity (Wildman–Crippen MR) is 77.2 cm³/mol. The Kier molecular flexibility index (Phi) is 8.02. The van der Waals surface area contributed by atoms with Gasteiger partial charge in [-0.3, -0.25) is 14.5 Å². The van der Waals surface area contributed by atoms with Gasteiger partial charge in [-0.05, 0) is 18.9 Å². The molecule has 22 heavy (non-hydrogen) atoms. The Bertz CT molecular complexity index is 475. The molecule has 2 N–H and O–H groups in total. The Morgan fingerprint density at radius 3 is 2.18 bits per heavy atom. The lowest BCUT2D eigenvalue weighted by atomic mass is 10.1. The molecule has 1 aliphatic rings. The number of hydrogen-bond acceptors (Lipinski definition) is 3. The fourth-order valence-electron chi connectivity index (χ4n) is 1.96. The minimum atomic E-state index is -4.47. The average Bonchev–Trinajstić information content (AvgIpc) is 2.43. The average molecular weight is 316 g/mol. The van der Waals surface area contributed by atoms with Crippen LogP contribution in [0.4, 0.5) is 13.2 Å². The maximum Gasteiger partial charge on any atom is 0.414 e. The molecule has 0 aliphatic carbocycles. The largest absolute Gasteiger partial charge is 0.414 e. The van der Waals surface area contributed by atoms with Gasteiger partial charge in [0.25, 0.3) is 0 Å². The number of rotatable bonds is 4. The number of piperidine rings is 1. The quantitative estimate of drug-likeness (QED) is 0.492. The molecular formula is C15H19F3N2O2. The van der Waals surface area contributed by atoms with E-state index in [2.05, 4.69) is 12.8 Å². The summed E-state index contributed by atoms with van der Waals surface area (Å²) in [6.45, 7) is 1.31. The summed E-state index contributed by atoms with van der Waals surface area (Å²) in [5.74, 6) is -0.611. The highest BCUT2D eigenvalue weighted by Crippen LogP contribution is 2.29. The van der Waals surface area contributed by atoms with Crippen LogP contribution in [0.15, 0.2) is 23.4 Å². The van der Waals surface area contributed by atoms with Gasteiger partial charge in [-0.25, -0.2) is 0 Å². The lowest BCUT2D eigenvalue weighted by Crippen LogP contribution is -2.40. The van der Waals surface area contributed by atoms with Gasteiger partial charge in [-0.15, -0.1) is 12.8 Å². The van der Waals surface area contributed by atoms with Crippen LogP contribution < -0.4 is 5.73 Å². The van der Waals surface area contributed by atoms with Crippen molar-refractivity contribution in [2.24, 2.45) is 5.73 Å². The zero-order valence-corrected chi connectivity index (χ0v) is 12.3. The summed E-state index contributed by atoms with van der Waals surface area (Å²) in [4.78, 5) is 24.0. The Labute approximate surface area is 127 Å². The summed E-state index contributed by atoms with van der Waals surface area (Å²) < 4.78 is 37.8. The minimum absolute atomic E-state index is 0.0484. The molecule has 0 unspecified atom stereocenters. The number of nitrogens with two attached hydrogens (primary N) is 1. The van der Waals surface area contributed by atoms with Gasteiger partial charge in [0.2, 0.25) is 11.8 Å². The van der Waals surface area contributed by atoms with E-state index in [9.17, 15) is 22.8 Å². The summed E-state index contributed by atoms with van der Waals surface area (Å²) in [6.07, 6.45) is 6.79. The Morgan fingerprint density at radius 2 is 1.77 bits per heavy atom. The van der Waals surface area contributed by atoms with Gasteiger partial charge in [0, 0.05) is 25.1 Å². The van der Waals surface area contributed by atoms with Gasteiger partial charge < -0.3 is 5.73 Å². The van der Waals surface area contributed by atoms with E-state index in [1.165, 1.54) is 13.0 Å². The van der Waals surface area contributed by atoms with Crippen molar-refractivity contribution in [3.8, 4) is 12.8 Å². The minimum Gasteiger partial charge on any atom is -0.399 e. The summed E-state index contributed by atoms with van der Waals surface area (Å²) >= 11 is 0. The number of carbonyl (C=O) groups excluding carboxylic acids is 2. The van der Waals surface area contributed by atoms with Crippen LogP contribution in [0.25, 0.3) is 0 Å². The molecule has 0 aromatic heterocycles. The first-order chi connectivity index (χ1) is 10.3. The molecule has 1 rings (SSSR count). The normalized spacial score (nSPS) is 17.1. The van der Waals surface area contributed by atoms with Gasteiger partial charge in [0.1, 0.15) is 0 Å². The fourth-order valence-corrected chi connectivity index (χ4v) is 1.96. The second-order valence-corrected chi connectivity index (χ2v) is 4.44. The number of hydrogen-bond donors (Lipinski definition) is 1. The highest BCUT2D eigenvalue weighted by molar-refractivity contribution is 5.97. The van der Waals surface area contributed by atoms with E-state index in [1.807, 2.05) is 0 Å². The number of allylic oxidation sites excluding steroid dienone is 2. The first-order valence-electron chi connectivity index (χ1n) is 6.66. The van der Waals surface area contributed by atoms with Crippen molar-refractivity contribution in [3.63, 3.8) is 0 Å². The predicted octanol–water partition coefficient (Wildman–Crippen LogP) is 2.52. The van der Waals surface area contributed by atoms with Crippen LogP contribution in [0.1, 0.15) is 32.6 Å². The number of nitrogens with zero attached hydrogens (tertiary/aromatic N) is 1. The number of imide groups is 1. The first kappa shape index (κ1) is 19.8. The fraction of sp³-hybridized carbons (Fsp3) is 0.467. The number of carbonyl (C=O) groups is 2. The molecule has 122 valence electrons. The molecule has 0 saturated carbocycles. The van der Waals surface area contributed by atoms with E-state index >= 15 is 0 Å². The van der Waals surface area contributed by atoms with Crippen molar-refractivity contribution in [3.05, 3.63) is 23.4 Å². The molecule has 1 aliphatic heterocycles. The topological polar surface area (TPSA) is 63.4 Å². The molecule has 0 aromatic rings. The van der Waals surface area contributed by atoms with E-state index in [4.69, 9.17) is 5.73 Å². The molecule has 1 fully saturated rings. The van der Waals surface area contributed by atoms with E-state index in [0.717, 1.165) is 11.0 Å².